The lowest BCUT2D eigenvalue weighted by Crippen LogP contribution is -2.16. The third-order valence-electron chi connectivity index (χ3n) is 3.18. The first-order valence-electron chi connectivity index (χ1n) is 7.29. The molecule has 0 amide bonds. The minimum Gasteiger partial charge on any atom is -0.490 e. The molecule has 1 heterocycles. The number of nitrogens with one attached hydrogen (secondary N) is 1. The van der Waals surface area contributed by atoms with E-state index in [1.54, 1.807) is 12.4 Å². The number of hydrogen-bond donors (Lipinski definition) is 1. The molecule has 3 rings (SSSR count). The van der Waals surface area contributed by atoms with Gasteiger partial charge in [0.2, 0.25) is 5.88 Å². The Balaban J connectivity index is 1.70. The van der Waals surface area contributed by atoms with E-state index in [2.05, 4.69) is 15.3 Å². The highest BCUT2D eigenvalue weighted by molar-refractivity contribution is 5.41. The van der Waals surface area contributed by atoms with Crippen molar-refractivity contribution in [3.05, 3.63) is 42.4 Å². The topological polar surface area (TPSA) is 56.3 Å². The third-order valence-corrected chi connectivity index (χ3v) is 3.18. The van der Waals surface area contributed by atoms with E-state index in [1.807, 2.05) is 31.2 Å². The number of hydrogen-bond acceptors (Lipinski definition) is 5. The van der Waals surface area contributed by atoms with Crippen LogP contribution < -0.4 is 14.8 Å². The Kier molecular flexibility index (Phi) is 4.31. The maximum absolute atomic E-state index is 5.80. The van der Waals surface area contributed by atoms with Crippen LogP contribution in [0, 0.1) is 0 Å². The Morgan fingerprint density at radius 2 is 2.00 bits per heavy atom. The van der Waals surface area contributed by atoms with Gasteiger partial charge >= 0.3 is 0 Å². The van der Waals surface area contributed by atoms with E-state index in [0.717, 1.165) is 12.2 Å². The average molecular weight is 285 g/mol. The summed E-state index contributed by atoms with van der Waals surface area (Å²) in [7, 11) is 0. The molecule has 1 aliphatic rings. The second-order valence-electron chi connectivity index (χ2n) is 4.99. The SMILES string of the molecule is CCOc1ccccc1Oc1cncc(CNC2CC2)n1. The first-order valence-corrected chi connectivity index (χ1v) is 7.29. The lowest BCUT2D eigenvalue weighted by Gasteiger charge is -2.11. The minimum absolute atomic E-state index is 0.484. The molecule has 2 aromatic rings. The van der Waals surface area contributed by atoms with E-state index in [-0.39, 0.29) is 0 Å². The number of para-hydroxylation sites is 2. The maximum Gasteiger partial charge on any atom is 0.238 e. The average Bonchev–Trinajstić information content (AvgIpc) is 3.32. The highest BCUT2D eigenvalue weighted by Gasteiger charge is 2.20. The third kappa shape index (κ3) is 3.92. The molecule has 0 radical (unpaired) electrons. The Morgan fingerprint density at radius 3 is 2.76 bits per heavy atom. The van der Waals surface area contributed by atoms with Gasteiger partial charge in [-0.2, -0.15) is 0 Å². The summed E-state index contributed by atoms with van der Waals surface area (Å²) in [5.74, 6) is 1.85. The monoisotopic (exact) mass is 285 g/mol. The van der Waals surface area contributed by atoms with Crippen LogP contribution in [0.2, 0.25) is 0 Å². The molecule has 1 saturated carbocycles. The van der Waals surface area contributed by atoms with Crippen molar-refractivity contribution in [2.24, 2.45) is 0 Å². The van der Waals surface area contributed by atoms with Gasteiger partial charge < -0.3 is 14.8 Å². The number of ether oxygens (including phenoxy) is 2. The fraction of sp³-hybridized carbons (Fsp3) is 0.375. The van der Waals surface area contributed by atoms with E-state index < -0.39 is 0 Å². The molecule has 0 atom stereocenters. The molecule has 0 bridgehead atoms. The molecular formula is C16H19N3O2. The maximum atomic E-state index is 5.80. The van der Waals surface area contributed by atoms with Crippen molar-refractivity contribution in [3.8, 4) is 17.4 Å². The molecule has 1 aromatic heterocycles. The second kappa shape index (κ2) is 6.54. The van der Waals surface area contributed by atoms with Gasteiger partial charge in [0, 0.05) is 18.8 Å². The normalized spacial score (nSPS) is 14.0. The Hall–Kier alpha value is -2.14. The molecular weight excluding hydrogens is 266 g/mol. The van der Waals surface area contributed by atoms with Gasteiger partial charge in [0.25, 0.3) is 0 Å². The van der Waals surface area contributed by atoms with E-state index in [0.29, 0.717) is 30.0 Å². The van der Waals surface area contributed by atoms with Gasteiger partial charge in [-0.15, -0.1) is 0 Å². The minimum atomic E-state index is 0.484. The zero-order valence-electron chi connectivity index (χ0n) is 12.1. The quantitative estimate of drug-likeness (QED) is 0.847. The van der Waals surface area contributed by atoms with Crippen LogP contribution in [-0.2, 0) is 6.54 Å². The number of rotatable bonds is 7. The summed E-state index contributed by atoms with van der Waals surface area (Å²) in [6.07, 6.45) is 5.89. The van der Waals surface area contributed by atoms with E-state index in [1.165, 1.54) is 12.8 Å². The first-order chi connectivity index (χ1) is 10.3. The van der Waals surface area contributed by atoms with Crippen molar-refractivity contribution >= 4 is 0 Å². The molecule has 1 aromatic carbocycles. The van der Waals surface area contributed by atoms with Crippen LogP contribution in [0.4, 0.5) is 0 Å². The Labute approximate surface area is 124 Å². The Morgan fingerprint density at radius 1 is 1.19 bits per heavy atom. The van der Waals surface area contributed by atoms with Gasteiger partial charge in [0.15, 0.2) is 11.5 Å². The predicted octanol–water partition coefficient (Wildman–Crippen LogP) is 2.92. The molecule has 1 N–H and O–H groups in total. The van der Waals surface area contributed by atoms with Crippen molar-refractivity contribution in [1.29, 1.82) is 0 Å². The zero-order chi connectivity index (χ0) is 14.5. The molecule has 1 aliphatic carbocycles. The highest BCUT2D eigenvalue weighted by atomic mass is 16.5. The van der Waals surface area contributed by atoms with Crippen LogP contribution >= 0.6 is 0 Å². The van der Waals surface area contributed by atoms with Crippen LogP contribution in [0.3, 0.4) is 0 Å². The van der Waals surface area contributed by atoms with Gasteiger partial charge in [0.1, 0.15) is 0 Å². The van der Waals surface area contributed by atoms with Gasteiger partial charge in [-0.25, -0.2) is 4.98 Å². The lowest BCUT2D eigenvalue weighted by atomic mass is 10.3. The molecule has 0 saturated heterocycles. The Bertz CT molecular complexity index is 600. The van der Waals surface area contributed by atoms with Gasteiger partial charge in [-0.3, -0.25) is 4.98 Å². The van der Waals surface area contributed by atoms with Crippen molar-refractivity contribution in [1.82, 2.24) is 15.3 Å². The van der Waals surface area contributed by atoms with Crippen molar-refractivity contribution in [2.45, 2.75) is 32.4 Å². The fourth-order valence-electron chi connectivity index (χ4n) is 1.98. The van der Waals surface area contributed by atoms with Crippen LogP contribution in [0.1, 0.15) is 25.5 Å². The summed E-state index contributed by atoms with van der Waals surface area (Å²) in [5.41, 5.74) is 0.883. The van der Waals surface area contributed by atoms with Gasteiger partial charge in [0.05, 0.1) is 18.5 Å². The first kappa shape index (κ1) is 13.8. The second-order valence-corrected chi connectivity index (χ2v) is 4.99. The number of benzene rings is 1. The highest BCUT2D eigenvalue weighted by Crippen LogP contribution is 2.30. The number of nitrogens with zero attached hydrogens (tertiary/aromatic N) is 2. The van der Waals surface area contributed by atoms with Crippen LogP contribution in [0.5, 0.6) is 17.4 Å². The number of aromatic nitrogens is 2. The molecule has 0 unspecified atom stereocenters. The van der Waals surface area contributed by atoms with Gasteiger partial charge in [-0.05, 0) is 31.9 Å². The largest absolute Gasteiger partial charge is 0.490 e. The fourth-order valence-corrected chi connectivity index (χ4v) is 1.98. The van der Waals surface area contributed by atoms with Crippen molar-refractivity contribution < 1.29 is 9.47 Å². The smallest absolute Gasteiger partial charge is 0.238 e. The van der Waals surface area contributed by atoms with E-state index in [4.69, 9.17) is 9.47 Å². The molecule has 1 fully saturated rings. The van der Waals surface area contributed by atoms with Crippen molar-refractivity contribution in [3.63, 3.8) is 0 Å². The summed E-state index contributed by atoms with van der Waals surface area (Å²) < 4.78 is 11.3. The molecule has 0 spiro atoms. The summed E-state index contributed by atoms with van der Waals surface area (Å²) in [6, 6.07) is 8.21. The standard InChI is InChI=1S/C16H19N3O2/c1-2-20-14-5-3-4-6-15(14)21-16-11-17-9-13(19-16)10-18-12-7-8-12/h3-6,9,11-12,18H,2,7-8,10H2,1H3. The molecule has 21 heavy (non-hydrogen) atoms. The van der Waals surface area contributed by atoms with Crippen LogP contribution in [0.15, 0.2) is 36.7 Å². The van der Waals surface area contributed by atoms with E-state index >= 15 is 0 Å². The predicted molar refractivity (Wildman–Crippen MR) is 79.6 cm³/mol. The van der Waals surface area contributed by atoms with Crippen LogP contribution in [-0.4, -0.2) is 22.6 Å². The molecule has 0 aliphatic heterocycles. The summed E-state index contributed by atoms with van der Waals surface area (Å²) in [5, 5.41) is 3.41. The summed E-state index contributed by atoms with van der Waals surface area (Å²) in [4.78, 5) is 8.65. The van der Waals surface area contributed by atoms with Crippen molar-refractivity contribution in [2.75, 3.05) is 6.61 Å². The van der Waals surface area contributed by atoms with Crippen LogP contribution in [0.25, 0.3) is 0 Å². The molecule has 110 valence electrons. The van der Waals surface area contributed by atoms with Gasteiger partial charge in [-0.1, -0.05) is 12.1 Å². The summed E-state index contributed by atoms with van der Waals surface area (Å²) in [6.45, 7) is 3.26. The van der Waals surface area contributed by atoms with E-state index in [9.17, 15) is 0 Å². The zero-order valence-corrected chi connectivity index (χ0v) is 12.1. The molecule has 5 heteroatoms. The summed E-state index contributed by atoms with van der Waals surface area (Å²) >= 11 is 0. The molecule has 5 nitrogen and oxygen atoms in total. The lowest BCUT2D eigenvalue weighted by molar-refractivity contribution is 0.319.